The summed E-state index contributed by atoms with van der Waals surface area (Å²) in [6, 6.07) is 0. The van der Waals surface area contributed by atoms with Crippen LogP contribution in [0.4, 0.5) is 0 Å². The van der Waals surface area contributed by atoms with Crippen molar-refractivity contribution in [1.29, 1.82) is 0 Å². The first-order valence-electron chi connectivity index (χ1n) is 32.0. The summed E-state index contributed by atoms with van der Waals surface area (Å²) in [7, 11) is 0. The second-order valence-corrected chi connectivity index (χ2v) is 20.9. The zero-order chi connectivity index (χ0) is 55.7. The van der Waals surface area contributed by atoms with Crippen LogP contribution < -0.4 is 0 Å². The summed E-state index contributed by atoms with van der Waals surface area (Å²) in [5, 5.41) is 0. The third-order valence-electron chi connectivity index (χ3n) is 13.5. The molecule has 6 nitrogen and oxygen atoms in total. The van der Waals surface area contributed by atoms with Gasteiger partial charge in [-0.05, 0) is 109 Å². The average molecular weight is 1070 g/mol. The fourth-order valence-electron chi connectivity index (χ4n) is 8.73. The maximum atomic E-state index is 12.9. The van der Waals surface area contributed by atoms with E-state index in [4.69, 9.17) is 14.2 Å². The van der Waals surface area contributed by atoms with Gasteiger partial charge in [0.15, 0.2) is 6.10 Å². The van der Waals surface area contributed by atoms with Crippen LogP contribution in [0.2, 0.25) is 0 Å². The summed E-state index contributed by atoms with van der Waals surface area (Å²) >= 11 is 0. The molecule has 1 unspecified atom stereocenters. The Morgan fingerprint density at radius 1 is 0.273 bits per heavy atom. The molecule has 0 amide bonds. The van der Waals surface area contributed by atoms with Crippen LogP contribution in [-0.4, -0.2) is 37.2 Å². The van der Waals surface area contributed by atoms with Gasteiger partial charge in [-0.15, -0.1) is 0 Å². The Labute approximate surface area is 475 Å². The maximum absolute atomic E-state index is 12.9. The lowest BCUT2D eigenvalue weighted by Gasteiger charge is -2.18. The molecule has 0 radical (unpaired) electrons. The molecule has 0 saturated carbocycles. The van der Waals surface area contributed by atoms with Crippen LogP contribution in [0.1, 0.15) is 290 Å². The fraction of sp³-hybridized carbons (Fsp3) is 0.676. The van der Waals surface area contributed by atoms with Crippen LogP contribution in [0.3, 0.4) is 0 Å². The minimum atomic E-state index is -0.790. The minimum Gasteiger partial charge on any atom is -0.462 e. The van der Waals surface area contributed by atoms with Crippen molar-refractivity contribution in [3.63, 3.8) is 0 Å². The molecule has 0 saturated heterocycles. The van der Waals surface area contributed by atoms with Gasteiger partial charge in [0.1, 0.15) is 13.2 Å². The van der Waals surface area contributed by atoms with E-state index in [1.807, 2.05) is 0 Å². The smallest absolute Gasteiger partial charge is 0.306 e. The molecule has 0 heterocycles. The molecule has 0 aromatic heterocycles. The number of ether oxygens (including phenoxy) is 3. The quantitative estimate of drug-likeness (QED) is 0.0261. The van der Waals surface area contributed by atoms with Crippen LogP contribution >= 0.6 is 0 Å². The molecule has 0 bridgehead atoms. The Hall–Kier alpha value is -4.19. The molecule has 77 heavy (non-hydrogen) atoms. The van der Waals surface area contributed by atoms with Gasteiger partial charge in [-0.3, -0.25) is 14.4 Å². The van der Waals surface area contributed by atoms with Crippen LogP contribution in [0.25, 0.3) is 0 Å². The van der Waals surface area contributed by atoms with E-state index in [9.17, 15) is 14.4 Å². The van der Waals surface area contributed by atoms with Gasteiger partial charge in [0.2, 0.25) is 0 Å². The van der Waals surface area contributed by atoms with Crippen LogP contribution in [0.15, 0.2) is 122 Å². The number of hydrogen-bond donors (Lipinski definition) is 0. The Kier molecular flexibility index (Phi) is 60.8. The molecule has 0 fully saturated rings. The van der Waals surface area contributed by atoms with Crippen molar-refractivity contribution >= 4 is 17.9 Å². The van der Waals surface area contributed by atoms with Crippen LogP contribution in [-0.2, 0) is 28.6 Å². The number of carbonyl (C=O) groups excluding carboxylic acids is 3. The number of hydrogen-bond acceptors (Lipinski definition) is 6. The highest BCUT2D eigenvalue weighted by atomic mass is 16.6. The highest BCUT2D eigenvalue weighted by Crippen LogP contribution is 2.16. The van der Waals surface area contributed by atoms with Gasteiger partial charge in [-0.1, -0.05) is 284 Å². The molecular formula is C71H118O6. The summed E-state index contributed by atoms with van der Waals surface area (Å²) in [5.41, 5.74) is 0. The molecule has 438 valence electrons. The lowest BCUT2D eigenvalue weighted by molar-refractivity contribution is -0.167. The van der Waals surface area contributed by atoms with E-state index in [1.54, 1.807) is 0 Å². The van der Waals surface area contributed by atoms with E-state index in [2.05, 4.69) is 142 Å². The number of unbranched alkanes of at least 4 members (excludes halogenated alkanes) is 26. The molecule has 0 spiro atoms. The van der Waals surface area contributed by atoms with Crippen molar-refractivity contribution < 1.29 is 28.6 Å². The van der Waals surface area contributed by atoms with Gasteiger partial charge in [0.25, 0.3) is 0 Å². The lowest BCUT2D eigenvalue weighted by atomic mass is 10.0. The van der Waals surface area contributed by atoms with Crippen molar-refractivity contribution in [1.82, 2.24) is 0 Å². The van der Waals surface area contributed by atoms with Crippen molar-refractivity contribution in [3.8, 4) is 0 Å². The number of esters is 3. The monoisotopic (exact) mass is 1070 g/mol. The molecule has 0 aromatic carbocycles. The fourth-order valence-corrected chi connectivity index (χ4v) is 8.73. The predicted octanol–water partition coefficient (Wildman–Crippen LogP) is 22.0. The summed E-state index contributed by atoms with van der Waals surface area (Å²) in [6.07, 6.45) is 89.1. The highest BCUT2D eigenvalue weighted by molar-refractivity contribution is 5.71. The van der Waals surface area contributed by atoms with E-state index < -0.39 is 6.10 Å². The normalized spacial score (nSPS) is 12.9. The van der Waals surface area contributed by atoms with Gasteiger partial charge in [-0.25, -0.2) is 0 Å². The van der Waals surface area contributed by atoms with Crippen LogP contribution in [0, 0.1) is 0 Å². The summed E-state index contributed by atoms with van der Waals surface area (Å²) in [4.78, 5) is 38.3. The second kappa shape index (κ2) is 64.3. The minimum absolute atomic E-state index is 0.0852. The molecule has 6 heteroatoms. The van der Waals surface area contributed by atoms with Crippen molar-refractivity contribution in [3.05, 3.63) is 122 Å². The number of rotatable bonds is 57. The van der Waals surface area contributed by atoms with E-state index >= 15 is 0 Å². The summed E-state index contributed by atoms with van der Waals surface area (Å²) < 4.78 is 16.9. The van der Waals surface area contributed by atoms with E-state index in [-0.39, 0.29) is 31.1 Å². The third-order valence-corrected chi connectivity index (χ3v) is 13.5. The molecule has 0 N–H and O–H groups in total. The predicted molar refractivity (Wildman–Crippen MR) is 334 cm³/mol. The van der Waals surface area contributed by atoms with E-state index in [1.165, 1.54) is 116 Å². The largest absolute Gasteiger partial charge is 0.462 e. The first-order valence-corrected chi connectivity index (χ1v) is 32.0. The van der Waals surface area contributed by atoms with Gasteiger partial charge in [0.05, 0.1) is 0 Å². The topological polar surface area (TPSA) is 78.9 Å². The highest BCUT2D eigenvalue weighted by Gasteiger charge is 2.19. The Morgan fingerprint density at radius 2 is 0.506 bits per heavy atom. The molecule has 0 aliphatic rings. The lowest BCUT2D eigenvalue weighted by Crippen LogP contribution is -2.30. The van der Waals surface area contributed by atoms with Gasteiger partial charge < -0.3 is 14.2 Å². The van der Waals surface area contributed by atoms with Crippen LogP contribution in [0.5, 0.6) is 0 Å². The zero-order valence-corrected chi connectivity index (χ0v) is 50.2. The standard InChI is InChI=1S/C71H118O6/c1-4-7-10-13-16-19-22-25-27-29-30-31-32-33-34-35-36-37-38-39-40-42-43-46-49-52-55-58-61-64-70(73)76-67-68(66-75-69(72)63-60-57-54-51-48-45-24-21-18-15-12-9-6-3)77-71(74)65-62-59-56-53-50-47-44-41-28-26-23-20-17-14-11-8-5-2/h7-8,10-11,16-17,19-20,25-28,30-31,33-34,36-37,39-40,68H,4-6,9,12-15,18,21-24,29,32,35,38,41-67H2,1-3H3/b10-7-,11-8-,19-16-,20-17-,27-25-,28-26-,31-30-,34-33-,37-36-,40-39-. The SMILES string of the molecule is CC/C=C\C/C=C\C/C=C\C/C=C\C/C=C\C/C=C\C/C=C\CCCCCCCCCC(=O)OCC(COC(=O)CCCCCCCCCCCCCCC)OC(=O)CCCCCCCCC/C=C\C/C=C\C/C=C\CC. The molecule has 0 aliphatic carbocycles. The van der Waals surface area contributed by atoms with Gasteiger partial charge in [0, 0.05) is 19.3 Å². The first-order chi connectivity index (χ1) is 38.0. The van der Waals surface area contributed by atoms with Gasteiger partial charge >= 0.3 is 17.9 Å². The molecule has 1 atom stereocenters. The number of carbonyl (C=O) groups is 3. The third kappa shape index (κ3) is 62.5. The Bertz CT molecular complexity index is 1600. The zero-order valence-electron chi connectivity index (χ0n) is 50.2. The molecule has 0 aliphatic heterocycles. The summed E-state index contributed by atoms with van der Waals surface area (Å²) in [5.74, 6) is -0.901. The van der Waals surface area contributed by atoms with Crippen molar-refractivity contribution in [2.75, 3.05) is 13.2 Å². The van der Waals surface area contributed by atoms with Crippen molar-refractivity contribution in [2.45, 2.75) is 297 Å². The first kappa shape index (κ1) is 72.8. The average Bonchev–Trinajstić information content (AvgIpc) is 3.43. The molecular weight excluding hydrogens is 949 g/mol. The Morgan fingerprint density at radius 3 is 0.792 bits per heavy atom. The Balaban J connectivity index is 4.34. The second-order valence-electron chi connectivity index (χ2n) is 20.9. The van der Waals surface area contributed by atoms with E-state index in [0.29, 0.717) is 19.3 Å². The maximum Gasteiger partial charge on any atom is 0.306 e. The number of allylic oxidation sites excluding steroid dienone is 20. The summed E-state index contributed by atoms with van der Waals surface area (Å²) in [6.45, 7) is 6.41. The molecule has 0 aromatic rings. The van der Waals surface area contributed by atoms with Crippen molar-refractivity contribution in [2.24, 2.45) is 0 Å². The van der Waals surface area contributed by atoms with Gasteiger partial charge in [-0.2, -0.15) is 0 Å². The van der Waals surface area contributed by atoms with E-state index in [0.717, 1.165) is 135 Å². The molecule has 0 rings (SSSR count).